The molecule has 0 saturated heterocycles. The van der Waals surface area contributed by atoms with Crippen LogP contribution in [0.5, 0.6) is 0 Å². The summed E-state index contributed by atoms with van der Waals surface area (Å²) in [4.78, 5) is 10.5. The van der Waals surface area contributed by atoms with Gasteiger partial charge in [-0.2, -0.15) is 0 Å². The van der Waals surface area contributed by atoms with E-state index in [2.05, 4.69) is 5.43 Å². The SMILES string of the molecule is NC(=O)C(N)CNn1cccc1. The van der Waals surface area contributed by atoms with E-state index in [-0.39, 0.29) is 0 Å². The summed E-state index contributed by atoms with van der Waals surface area (Å²) in [5, 5.41) is 0. The van der Waals surface area contributed by atoms with Crippen molar-refractivity contribution in [2.75, 3.05) is 12.0 Å². The van der Waals surface area contributed by atoms with E-state index >= 15 is 0 Å². The van der Waals surface area contributed by atoms with Gasteiger partial charge in [-0.1, -0.05) is 0 Å². The zero-order chi connectivity index (χ0) is 8.97. The smallest absolute Gasteiger partial charge is 0.236 e. The molecule has 0 aliphatic rings. The molecule has 12 heavy (non-hydrogen) atoms. The summed E-state index contributed by atoms with van der Waals surface area (Å²) in [5.74, 6) is -0.505. The lowest BCUT2D eigenvalue weighted by atomic mass is 10.3. The van der Waals surface area contributed by atoms with Crippen molar-refractivity contribution in [3.05, 3.63) is 24.5 Å². The molecule has 0 bridgehead atoms. The predicted molar refractivity (Wildman–Crippen MR) is 45.8 cm³/mol. The summed E-state index contributed by atoms with van der Waals surface area (Å²) >= 11 is 0. The summed E-state index contributed by atoms with van der Waals surface area (Å²) in [7, 11) is 0. The van der Waals surface area contributed by atoms with E-state index in [1.807, 2.05) is 24.5 Å². The Morgan fingerprint density at radius 1 is 1.50 bits per heavy atom. The number of hydrogen-bond donors (Lipinski definition) is 3. The fourth-order valence-corrected chi connectivity index (χ4v) is 0.744. The van der Waals surface area contributed by atoms with Crippen LogP contribution in [-0.2, 0) is 4.79 Å². The van der Waals surface area contributed by atoms with Gasteiger partial charge in [0.25, 0.3) is 0 Å². The first-order valence-electron chi connectivity index (χ1n) is 3.62. The first-order valence-corrected chi connectivity index (χ1v) is 3.62. The largest absolute Gasteiger partial charge is 0.368 e. The van der Waals surface area contributed by atoms with E-state index in [0.29, 0.717) is 6.54 Å². The molecule has 1 atom stereocenters. The van der Waals surface area contributed by atoms with Crippen LogP contribution in [0.2, 0.25) is 0 Å². The fraction of sp³-hybridized carbons (Fsp3) is 0.286. The van der Waals surface area contributed by atoms with Crippen molar-refractivity contribution >= 4 is 5.91 Å². The topological polar surface area (TPSA) is 86.1 Å². The summed E-state index contributed by atoms with van der Waals surface area (Å²) in [6, 6.07) is 3.08. The molecule has 66 valence electrons. The highest BCUT2D eigenvalue weighted by Gasteiger charge is 2.07. The number of carbonyl (C=O) groups excluding carboxylic acids is 1. The number of primary amides is 1. The number of aromatic nitrogens is 1. The van der Waals surface area contributed by atoms with Gasteiger partial charge in [0.2, 0.25) is 5.91 Å². The molecule has 0 saturated carbocycles. The van der Waals surface area contributed by atoms with Gasteiger partial charge in [-0.25, -0.2) is 0 Å². The fourth-order valence-electron chi connectivity index (χ4n) is 0.744. The third kappa shape index (κ3) is 2.28. The first kappa shape index (κ1) is 8.61. The maximum Gasteiger partial charge on any atom is 0.236 e. The van der Waals surface area contributed by atoms with Crippen molar-refractivity contribution in [1.29, 1.82) is 0 Å². The van der Waals surface area contributed by atoms with Crippen LogP contribution >= 0.6 is 0 Å². The van der Waals surface area contributed by atoms with E-state index in [1.54, 1.807) is 4.68 Å². The molecule has 5 nitrogen and oxygen atoms in total. The van der Waals surface area contributed by atoms with E-state index in [0.717, 1.165) is 0 Å². The van der Waals surface area contributed by atoms with Gasteiger partial charge < -0.3 is 16.9 Å². The van der Waals surface area contributed by atoms with Gasteiger partial charge in [-0.15, -0.1) is 0 Å². The van der Waals surface area contributed by atoms with Crippen LogP contribution in [0.1, 0.15) is 0 Å². The molecule has 1 amide bonds. The molecule has 1 unspecified atom stereocenters. The Labute approximate surface area is 70.3 Å². The monoisotopic (exact) mass is 168 g/mol. The molecular formula is C7H12N4O. The lowest BCUT2D eigenvalue weighted by molar-refractivity contribution is -0.118. The molecule has 0 aliphatic heterocycles. The molecule has 0 aromatic carbocycles. The summed E-state index contributed by atoms with van der Waals surface area (Å²) in [6.07, 6.45) is 3.63. The van der Waals surface area contributed by atoms with Gasteiger partial charge in [-0.3, -0.25) is 9.47 Å². The van der Waals surface area contributed by atoms with Crippen LogP contribution in [0.3, 0.4) is 0 Å². The molecule has 1 aromatic rings. The Hall–Kier alpha value is -1.49. The predicted octanol–water partition coefficient (Wildman–Crippen LogP) is -1.16. The van der Waals surface area contributed by atoms with Gasteiger partial charge in [0.05, 0.1) is 6.54 Å². The van der Waals surface area contributed by atoms with Crippen molar-refractivity contribution in [2.45, 2.75) is 6.04 Å². The second kappa shape index (κ2) is 3.77. The van der Waals surface area contributed by atoms with Crippen molar-refractivity contribution in [1.82, 2.24) is 4.68 Å². The van der Waals surface area contributed by atoms with E-state index in [1.165, 1.54) is 0 Å². The quantitative estimate of drug-likeness (QED) is 0.530. The normalized spacial score (nSPS) is 12.4. The molecule has 5 N–H and O–H groups in total. The third-order valence-electron chi connectivity index (χ3n) is 1.46. The zero-order valence-electron chi connectivity index (χ0n) is 6.60. The lowest BCUT2D eigenvalue weighted by Gasteiger charge is -2.10. The molecule has 1 heterocycles. The number of rotatable bonds is 4. The van der Waals surface area contributed by atoms with Crippen molar-refractivity contribution < 1.29 is 4.79 Å². The number of nitrogens with zero attached hydrogens (tertiary/aromatic N) is 1. The summed E-state index contributed by atoms with van der Waals surface area (Å²) in [5.41, 5.74) is 13.2. The molecule has 5 heteroatoms. The Balaban J connectivity index is 2.31. The van der Waals surface area contributed by atoms with Gasteiger partial charge >= 0.3 is 0 Å². The molecule has 0 radical (unpaired) electrons. The third-order valence-corrected chi connectivity index (χ3v) is 1.46. The second-order valence-corrected chi connectivity index (χ2v) is 2.46. The molecule has 1 aromatic heterocycles. The number of amides is 1. The van der Waals surface area contributed by atoms with Gasteiger partial charge in [0.1, 0.15) is 6.04 Å². The Bertz CT molecular complexity index is 244. The number of nitrogens with one attached hydrogen (secondary N) is 1. The van der Waals surface area contributed by atoms with E-state index < -0.39 is 11.9 Å². The molecular weight excluding hydrogens is 156 g/mol. The van der Waals surface area contributed by atoms with E-state index in [4.69, 9.17) is 11.5 Å². The lowest BCUT2D eigenvalue weighted by Crippen LogP contribution is -2.43. The van der Waals surface area contributed by atoms with Crippen molar-refractivity contribution in [3.8, 4) is 0 Å². The van der Waals surface area contributed by atoms with Crippen LogP contribution in [0, 0.1) is 0 Å². The van der Waals surface area contributed by atoms with Gasteiger partial charge in [0.15, 0.2) is 0 Å². The summed E-state index contributed by atoms with van der Waals surface area (Å²) < 4.78 is 1.71. The molecule has 0 aliphatic carbocycles. The Morgan fingerprint density at radius 2 is 2.08 bits per heavy atom. The average Bonchev–Trinajstić information content (AvgIpc) is 2.51. The van der Waals surface area contributed by atoms with Crippen LogP contribution in [0.25, 0.3) is 0 Å². The molecule has 1 rings (SSSR count). The highest BCUT2D eigenvalue weighted by Crippen LogP contribution is 1.85. The van der Waals surface area contributed by atoms with Crippen molar-refractivity contribution in [3.63, 3.8) is 0 Å². The zero-order valence-corrected chi connectivity index (χ0v) is 6.60. The minimum Gasteiger partial charge on any atom is -0.368 e. The van der Waals surface area contributed by atoms with Crippen LogP contribution in [0.4, 0.5) is 0 Å². The Morgan fingerprint density at radius 3 is 2.58 bits per heavy atom. The van der Waals surface area contributed by atoms with E-state index in [9.17, 15) is 4.79 Å². The number of carbonyl (C=O) groups is 1. The molecule has 0 spiro atoms. The average molecular weight is 168 g/mol. The van der Waals surface area contributed by atoms with Crippen LogP contribution in [-0.4, -0.2) is 23.2 Å². The first-order chi connectivity index (χ1) is 5.70. The highest BCUT2D eigenvalue weighted by molar-refractivity contribution is 5.79. The van der Waals surface area contributed by atoms with Gasteiger partial charge in [0, 0.05) is 12.4 Å². The van der Waals surface area contributed by atoms with Crippen LogP contribution < -0.4 is 16.9 Å². The minimum atomic E-state index is -0.646. The second-order valence-electron chi connectivity index (χ2n) is 2.46. The van der Waals surface area contributed by atoms with Gasteiger partial charge in [-0.05, 0) is 12.1 Å². The van der Waals surface area contributed by atoms with Crippen LogP contribution in [0.15, 0.2) is 24.5 Å². The highest BCUT2D eigenvalue weighted by atomic mass is 16.1. The maximum atomic E-state index is 10.5. The summed E-state index contributed by atoms with van der Waals surface area (Å²) in [6.45, 7) is 0.337. The molecule has 0 fully saturated rings. The maximum absolute atomic E-state index is 10.5. The minimum absolute atomic E-state index is 0.337. The standard InChI is InChI=1S/C7H12N4O/c8-6(7(9)12)5-10-11-3-1-2-4-11/h1-4,6,10H,5,8H2,(H2,9,12). The Kier molecular flexibility index (Phi) is 2.71. The van der Waals surface area contributed by atoms with Crippen molar-refractivity contribution in [2.24, 2.45) is 11.5 Å². The number of hydrogen-bond acceptors (Lipinski definition) is 3. The number of nitrogens with two attached hydrogens (primary N) is 2.